The summed E-state index contributed by atoms with van der Waals surface area (Å²) in [4.78, 5) is 10.00. The van der Waals surface area contributed by atoms with Gasteiger partial charge in [-0.3, -0.25) is 0 Å². The largest absolute Gasteiger partial charge is 0.360 e. The minimum Gasteiger partial charge on any atom is -0.360 e. The van der Waals surface area contributed by atoms with E-state index < -0.39 is 5.03 Å². The number of halogens is 2. The highest BCUT2D eigenvalue weighted by atomic mass is 35.5. The van der Waals surface area contributed by atoms with Crippen LogP contribution < -0.4 is 16.3 Å². The first-order chi connectivity index (χ1) is 7.99. The maximum absolute atomic E-state index is 10.00. The molecule has 9 heteroatoms. The topological polar surface area (TPSA) is 108 Å². The number of nitrogens with zero attached hydrogens (tertiary/aromatic N) is 2. The van der Waals surface area contributed by atoms with Crippen molar-refractivity contribution in [2.75, 3.05) is 0 Å². The van der Waals surface area contributed by atoms with E-state index in [1.165, 1.54) is 6.21 Å². The number of nitrogens with one attached hydrogen (secondary N) is 2. The van der Waals surface area contributed by atoms with Gasteiger partial charge in [0.2, 0.25) is 6.21 Å². The Morgan fingerprint density at radius 2 is 2.29 bits per heavy atom. The monoisotopic (exact) mass is 276 g/mol. The molecule has 4 N–H and O–H groups in total. The van der Waals surface area contributed by atoms with E-state index in [0.717, 1.165) is 0 Å². The van der Waals surface area contributed by atoms with Gasteiger partial charge in [-0.25, -0.2) is 10.1 Å². The third kappa shape index (κ3) is 4.66. The van der Waals surface area contributed by atoms with Gasteiger partial charge < -0.3 is 5.73 Å². The number of nitro groups is 1. The predicted molar refractivity (Wildman–Crippen MR) is 64.3 cm³/mol. The van der Waals surface area contributed by atoms with Crippen LogP contribution in [0.3, 0.4) is 0 Å². The maximum Gasteiger partial charge on any atom is 0.319 e. The number of hydrogen-bond donors (Lipinski definition) is 3. The van der Waals surface area contributed by atoms with Crippen molar-refractivity contribution in [2.24, 2.45) is 10.8 Å². The molecule has 7 nitrogen and oxygen atoms in total. The van der Waals surface area contributed by atoms with E-state index in [2.05, 4.69) is 10.2 Å². The number of benzene rings is 1. The second kappa shape index (κ2) is 6.02. The zero-order valence-electron chi connectivity index (χ0n) is 8.35. The molecule has 0 saturated heterocycles. The number of hydrogen-bond acceptors (Lipinski definition) is 3. The molecule has 1 aromatic carbocycles. The van der Waals surface area contributed by atoms with Gasteiger partial charge in [-0.05, 0) is 18.2 Å². The highest BCUT2D eigenvalue weighted by Gasteiger charge is 2.03. The molecule has 0 aliphatic rings. The summed E-state index contributed by atoms with van der Waals surface area (Å²) in [7, 11) is 0. The van der Waals surface area contributed by atoms with Crippen molar-refractivity contribution >= 4 is 35.4 Å². The number of rotatable bonds is 3. The lowest BCUT2D eigenvalue weighted by Crippen LogP contribution is -2.64. The second-order valence-electron chi connectivity index (χ2n) is 2.81. The van der Waals surface area contributed by atoms with Gasteiger partial charge in [-0.15, -0.1) is 5.10 Å². The number of guanidine groups is 1. The standard InChI is InChI=1S/C8H7Cl2N5O2/c9-6-1-2-7(10)5(3-6)4-12-13-8(11)14-15(16)17/h1-4H,(H3,11,13,14)/p+1/b12-4+. The van der Waals surface area contributed by atoms with Crippen LogP contribution in [0.1, 0.15) is 5.56 Å². The van der Waals surface area contributed by atoms with Crippen LogP contribution in [0, 0.1) is 10.1 Å². The SMILES string of the molecule is NC(=N/[NH+]=C/c1cc(Cl)ccc1Cl)N[N+](=O)[O-]. The minimum atomic E-state index is -0.827. The van der Waals surface area contributed by atoms with Crippen molar-refractivity contribution < 1.29 is 10.1 Å². The average Bonchev–Trinajstić information content (AvgIpc) is 2.22. The Labute approximate surface area is 106 Å². The molecule has 0 heterocycles. The van der Waals surface area contributed by atoms with Gasteiger partial charge in [0, 0.05) is 10.1 Å². The first-order valence-corrected chi connectivity index (χ1v) is 5.02. The Balaban J connectivity index is 2.77. The van der Waals surface area contributed by atoms with Gasteiger partial charge in [0.05, 0.1) is 10.6 Å². The molecule has 0 aliphatic carbocycles. The van der Waals surface area contributed by atoms with Gasteiger partial charge in [0.15, 0.2) is 5.03 Å². The highest BCUT2D eigenvalue weighted by Crippen LogP contribution is 2.17. The molecule has 1 aromatic rings. The summed E-state index contributed by atoms with van der Waals surface area (Å²) in [5.41, 5.74) is 7.41. The van der Waals surface area contributed by atoms with Crippen molar-refractivity contribution in [1.29, 1.82) is 0 Å². The predicted octanol–water partition coefficient (Wildman–Crippen LogP) is -0.496. The summed E-state index contributed by atoms with van der Waals surface area (Å²) in [5, 5.41) is 16.0. The van der Waals surface area contributed by atoms with E-state index in [1.54, 1.807) is 23.6 Å². The minimum absolute atomic E-state index is 0.385. The zero-order valence-corrected chi connectivity index (χ0v) is 9.87. The number of hydrazine groups is 1. The Morgan fingerprint density at radius 1 is 1.59 bits per heavy atom. The van der Waals surface area contributed by atoms with E-state index in [1.807, 2.05) is 0 Å². The first kappa shape index (κ1) is 13.2. The smallest absolute Gasteiger partial charge is 0.319 e. The molecule has 90 valence electrons. The molecule has 0 amide bonds. The van der Waals surface area contributed by atoms with E-state index in [0.29, 0.717) is 15.6 Å². The Kier molecular flexibility index (Phi) is 4.68. The fraction of sp³-hybridized carbons (Fsp3) is 0. The molecule has 0 unspecified atom stereocenters. The molecule has 0 atom stereocenters. The zero-order chi connectivity index (χ0) is 12.8. The van der Waals surface area contributed by atoms with Crippen LogP contribution in [0.2, 0.25) is 10.0 Å². The lowest BCUT2D eigenvalue weighted by molar-refractivity contribution is -0.528. The van der Waals surface area contributed by atoms with E-state index in [-0.39, 0.29) is 5.96 Å². The van der Waals surface area contributed by atoms with Crippen LogP contribution in [0.5, 0.6) is 0 Å². The quantitative estimate of drug-likeness (QED) is 0.299. The molecule has 0 spiro atoms. The molecular weight excluding hydrogens is 269 g/mol. The van der Waals surface area contributed by atoms with Crippen molar-refractivity contribution in [1.82, 2.24) is 5.43 Å². The highest BCUT2D eigenvalue weighted by molar-refractivity contribution is 6.34. The molecule has 1 rings (SSSR count). The Morgan fingerprint density at radius 3 is 2.94 bits per heavy atom. The maximum atomic E-state index is 10.00. The van der Waals surface area contributed by atoms with Gasteiger partial charge in [0.25, 0.3) is 0 Å². The summed E-state index contributed by atoms with van der Waals surface area (Å²) in [6, 6.07) is 4.84. The number of nitrogens with two attached hydrogens (primary N) is 1. The van der Waals surface area contributed by atoms with Crippen molar-refractivity contribution in [3.05, 3.63) is 43.9 Å². The first-order valence-electron chi connectivity index (χ1n) is 4.27. The van der Waals surface area contributed by atoms with Crippen LogP contribution in [0.4, 0.5) is 0 Å². The molecule has 17 heavy (non-hydrogen) atoms. The molecule has 0 aliphatic heterocycles. The van der Waals surface area contributed by atoms with Gasteiger partial charge in [0.1, 0.15) is 0 Å². The lowest BCUT2D eigenvalue weighted by atomic mass is 10.2. The lowest BCUT2D eigenvalue weighted by Gasteiger charge is -1.94. The van der Waals surface area contributed by atoms with E-state index in [4.69, 9.17) is 28.9 Å². The molecule has 0 fully saturated rings. The summed E-state index contributed by atoms with van der Waals surface area (Å²) in [6.45, 7) is 0. The van der Waals surface area contributed by atoms with E-state index in [9.17, 15) is 10.1 Å². The van der Waals surface area contributed by atoms with Crippen molar-refractivity contribution in [2.45, 2.75) is 0 Å². The van der Waals surface area contributed by atoms with Gasteiger partial charge in [-0.1, -0.05) is 28.6 Å². The molecular formula is C8H8Cl2N5O2+. The summed E-state index contributed by atoms with van der Waals surface area (Å²) >= 11 is 11.6. The fourth-order valence-corrected chi connectivity index (χ4v) is 1.27. The molecule has 0 saturated carbocycles. The molecule has 0 radical (unpaired) electrons. The Bertz CT molecular complexity index is 489. The molecule has 0 aromatic heterocycles. The van der Waals surface area contributed by atoms with Crippen LogP contribution in [0.15, 0.2) is 23.3 Å². The van der Waals surface area contributed by atoms with Gasteiger partial charge >= 0.3 is 5.96 Å². The average molecular weight is 277 g/mol. The van der Waals surface area contributed by atoms with Gasteiger partial charge in [-0.2, -0.15) is 0 Å². The van der Waals surface area contributed by atoms with Crippen LogP contribution >= 0.6 is 23.2 Å². The van der Waals surface area contributed by atoms with Crippen LogP contribution in [-0.4, -0.2) is 17.2 Å². The summed E-state index contributed by atoms with van der Waals surface area (Å²) in [6.07, 6.45) is 1.41. The van der Waals surface area contributed by atoms with Crippen molar-refractivity contribution in [3.8, 4) is 0 Å². The third-order valence-corrected chi connectivity index (χ3v) is 2.15. The Hall–Kier alpha value is -1.86. The normalized spacial score (nSPS) is 11.8. The number of hydrazone groups is 1. The summed E-state index contributed by atoms with van der Waals surface area (Å²) < 4.78 is 0. The van der Waals surface area contributed by atoms with Crippen LogP contribution in [-0.2, 0) is 0 Å². The summed E-state index contributed by atoms with van der Waals surface area (Å²) in [5.74, 6) is -0.385. The second-order valence-corrected chi connectivity index (χ2v) is 3.65. The molecule has 0 bridgehead atoms. The fourth-order valence-electron chi connectivity index (χ4n) is 0.915. The van der Waals surface area contributed by atoms with Crippen LogP contribution in [0.25, 0.3) is 0 Å². The van der Waals surface area contributed by atoms with Crippen molar-refractivity contribution in [3.63, 3.8) is 0 Å². The van der Waals surface area contributed by atoms with E-state index >= 15 is 0 Å². The third-order valence-electron chi connectivity index (χ3n) is 1.57.